The van der Waals surface area contributed by atoms with Crippen LogP contribution in [0.3, 0.4) is 0 Å². The van der Waals surface area contributed by atoms with Crippen molar-refractivity contribution in [1.29, 1.82) is 0 Å². The SMILES string of the molecule is C[C@H]1NC(=O)N(C)[C@@H]2NC(=O)N(C)[C@@H](c3ccc([N+](=O)[O-])cc3)[C@H]21. The number of amides is 4. The predicted molar refractivity (Wildman–Crippen MR) is 85.2 cm³/mol. The Labute approximate surface area is 138 Å². The number of benzene rings is 1. The van der Waals surface area contributed by atoms with Crippen LogP contribution in [0.4, 0.5) is 15.3 Å². The molecular formula is C15H19N5O4. The molecule has 0 aromatic heterocycles. The summed E-state index contributed by atoms with van der Waals surface area (Å²) in [4.78, 5) is 37.7. The molecule has 1 aromatic rings. The van der Waals surface area contributed by atoms with E-state index in [4.69, 9.17) is 0 Å². The van der Waals surface area contributed by atoms with Gasteiger partial charge in [-0.25, -0.2) is 9.59 Å². The van der Waals surface area contributed by atoms with Crippen LogP contribution in [0.1, 0.15) is 18.5 Å². The fourth-order valence-electron chi connectivity index (χ4n) is 3.54. The van der Waals surface area contributed by atoms with E-state index in [-0.39, 0.29) is 35.8 Å². The third-order valence-electron chi connectivity index (χ3n) is 4.85. The average Bonchev–Trinajstić information content (AvgIpc) is 2.54. The van der Waals surface area contributed by atoms with Crippen LogP contribution in [-0.4, -0.2) is 53.1 Å². The van der Waals surface area contributed by atoms with E-state index in [1.54, 1.807) is 31.1 Å². The van der Waals surface area contributed by atoms with E-state index in [1.807, 2.05) is 6.92 Å². The van der Waals surface area contributed by atoms with Gasteiger partial charge in [0.1, 0.15) is 6.17 Å². The predicted octanol–water partition coefficient (Wildman–Crippen LogP) is 1.28. The second-order valence-corrected chi connectivity index (χ2v) is 6.23. The summed E-state index contributed by atoms with van der Waals surface area (Å²) < 4.78 is 0. The summed E-state index contributed by atoms with van der Waals surface area (Å²) in [6.45, 7) is 1.90. The van der Waals surface area contributed by atoms with Gasteiger partial charge in [0.2, 0.25) is 0 Å². The van der Waals surface area contributed by atoms with Gasteiger partial charge in [0.15, 0.2) is 0 Å². The van der Waals surface area contributed by atoms with Crippen molar-refractivity contribution in [2.45, 2.75) is 25.2 Å². The maximum atomic E-state index is 12.3. The number of hydrogen-bond donors (Lipinski definition) is 2. The van der Waals surface area contributed by atoms with Crippen molar-refractivity contribution in [3.63, 3.8) is 0 Å². The average molecular weight is 333 g/mol. The molecule has 1 aromatic carbocycles. The number of hydrogen-bond acceptors (Lipinski definition) is 4. The zero-order valence-corrected chi connectivity index (χ0v) is 13.6. The van der Waals surface area contributed by atoms with Gasteiger partial charge in [0.05, 0.1) is 11.0 Å². The fourth-order valence-corrected chi connectivity index (χ4v) is 3.54. The molecule has 24 heavy (non-hydrogen) atoms. The summed E-state index contributed by atoms with van der Waals surface area (Å²) in [6.07, 6.45) is -0.433. The van der Waals surface area contributed by atoms with Gasteiger partial charge in [-0.3, -0.25) is 10.1 Å². The summed E-state index contributed by atoms with van der Waals surface area (Å²) in [5.41, 5.74) is 0.796. The zero-order chi connectivity index (χ0) is 17.6. The second-order valence-electron chi connectivity index (χ2n) is 6.23. The van der Waals surface area contributed by atoms with E-state index in [9.17, 15) is 19.7 Å². The number of nitro benzene ring substituents is 1. The Kier molecular flexibility index (Phi) is 3.78. The molecule has 9 heteroatoms. The molecule has 0 unspecified atom stereocenters. The lowest BCUT2D eigenvalue weighted by molar-refractivity contribution is -0.384. The lowest BCUT2D eigenvalue weighted by Crippen LogP contribution is -2.71. The smallest absolute Gasteiger partial charge is 0.319 e. The molecule has 4 atom stereocenters. The first-order chi connectivity index (χ1) is 11.3. The highest BCUT2D eigenvalue weighted by Crippen LogP contribution is 2.38. The van der Waals surface area contributed by atoms with Crippen LogP contribution in [0.15, 0.2) is 24.3 Å². The number of nitro groups is 1. The summed E-state index contributed by atoms with van der Waals surface area (Å²) in [6, 6.07) is 5.20. The van der Waals surface area contributed by atoms with E-state index in [2.05, 4.69) is 10.6 Å². The largest absolute Gasteiger partial charge is 0.335 e. The van der Waals surface area contributed by atoms with Crippen LogP contribution < -0.4 is 10.6 Å². The Balaban J connectivity index is 2.01. The highest BCUT2D eigenvalue weighted by molar-refractivity contribution is 5.80. The molecule has 2 N–H and O–H groups in total. The Morgan fingerprint density at radius 3 is 2.21 bits per heavy atom. The minimum Gasteiger partial charge on any atom is -0.335 e. The van der Waals surface area contributed by atoms with Gasteiger partial charge in [-0.2, -0.15) is 0 Å². The van der Waals surface area contributed by atoms with Crippen molar-refractivity contribution in [2.24, 2.45) is 5.92 Å². The van der Waals surface area contributed by atoms with Gasteiger partial charge >= 0.3 is 12.1 Å². The van der Waals surface area contributed by atoms with E-state index in [0.717, 1.165) is 5.56 Å². The lowest BCUT2D eigenvalue weighted by atomic mass is 9.81. The molecule has 2 aliphatic rings. The van der Waals surface area contributed by atoms with Crippen molar-refractivity contribution in [2.75, 3.05) is 14.1 Å². The molecule has 3 rings (SSSR count). The molecule has 0 aliphatic carbocycles. The van der Waals surface area contributed by atoms with E-state index < -0.39 is 11.1 Å². The summed E-state index contributed by atoms with van der Waals surface area (Å²) in [5.74, 6) is -0.100. The molecule has 0 spiro atoms. The maximum absolute atomic E-state index is 12.3. The van der Waals surface area contributed by atoms with Crippen LogP contribution in [0, 0.1) is 16.0 Å². The van der Waals surface area contributed by atoms with Crippen molar-refractivity contribution in [1.82, 2.24) is 20.4 Å². The molecule has 2 aliphatic heterocycles. The van der Waals surface area contributed by atoms with Crippen molar-refractivity contribution in [3.05, 3.63) is 39.9 Å². The zero-order valence-electron chi connectivity index (χ0n) is 13.6. The number of carbonyl (C=O) groups excluding carboxylic acids is 2. The minimum atomic E-state index is -0.457. The number of nitrogens with one attached hydrogen (secondary N) is 2. The number of non-ortho nitro benzene ring substituents is 1. The number of rotatable bonds is 2. The van der Waals surface area contributed by atoms with Crippen LogP contribution in [0.25, 0.3) is 0 Å². The molecule has 0 radical (unpaired) electrons. The normalized spacial score (nSPS) is 29.6. The number of urea groups is 2. The monoisotopic (exact) mass is 333 g/mol. The van der Waals surface area contributed by atoms with Crippen molar-refractivity contribution < 1.29 is 14.5 Å². The lowest BCUT2D eigenvalue weighted by Gasteiger charge is -2.52. The first-order valence-corrected chi connectivity index (χ1v) is 7.62. The number of nitrogens with zero attached hydrogens (tertiary/aromatic N) is 3. The Morgan fingerprint density at radius 1 is 1.04 bits per heavy atom. The molecule has 128 valence electrons. The molecule has 4 amide bonds. The first-order valence-electron chi connectivity index (χ1n) is 7.62. The van der Waals surface area contributed by atoms with Gasteiger partial charge in [-0.1, -0.05) is 12.1 Å². The highest BCUT2D eigenvalue weighted by atomic mass is 16.6. The van der Waals surface area contributed by atoms with Gasteiger partial charge in [0, 0.05) is 38.2 Å². The van der Waals surface area contributed by atoms with Crippen molar-refractivity contribution >= 4 is 17.7 Å². The fraction of sp³-hybridized carbons (Fsp3) is 0.467. The number of carbonyl (C=O) groups is 2. The molecule has 9 nitrogen and oxygen atoms in total. The summed E-state index contributed by atoms with van der Waals surface area (Å²) in [7, 11) is 3.32. The Hall–Kier alpha value is -2.84. The first kappa shape index (κ1) is 16.0. The standard InChI is InChI=1S/C15H19N5O4/c1-8-11-12(9-4-6-10(7-5-9)20(23)24)18(2)15(22)17-13(11)19(3)14(21)16-8/h4-8,11-13H,1-3H3,(H,16,21)(H,17,22)/t8-,11-,12+,13+/m1/s1. The van der Waals surface area contributed by atoms with E-state index in [0.29, 0.717) is 0 Å². The molecule has 2 heterocycles. The molecule has 2 saturated heterocycles. The van der Waals surface area contributed by atoms with Gasteiger partial charge in [-0.15, -0.1) is 0 Å². The minimum absolute atomic E-state index is 0.000303. The van der Waals surface area contributed by atoms with Gasteiger partial charge in [-0.05, 0) is 12.5 Å². The Bertz CT molecular complexity index is 692. The third-order valence-corrected chi connectivity index (χ3v) is 4.85. The number of fused-ring (bicyclic) bond motifs is 1. The Morgan fingerprint density at radius 2 is 1.62 bits per heavy atom. The van der Waals surface area contributed by atoms with Crippen LogP contribution in [0.2, 0.25) is 0 Å². The summed E-state index contributed by atoms with van der Waals surface area (Å²) in [5, 5.41) is 16.6. The van der Waals surface area contributed by atoms with E-state index in [1.165, 1.54) is 17.0 Å². The molecule has 0 bridgehead atoms. The van der Waals surface area contributed by atoms with Crippen LogP contribution in [0.5, 0.6) is 0 Å². The van der Waals surface area contributed by atoms with E-state index >= 15 is 0 Å². The van der Waals surface area contributed by atoms with Gasteiger partial charge < -0.3 is 20.4 Å². The van der Waals surface area contributed by atoms with Crippen molar-refractivity contribution in [3.8, 4) is 0 Å². The summed E-state index contributed by atoms with van der Waals surface area (Å²) >= 11 is 0. The quantitative estimate of drug-likeness (QED) is 0.628. The topological polar surface area (TPSA) is 108 Å². The molecular weight excluding hydrogens is 314 g/mol. The van der Waals surface area contributed by atoms with Gasteiger partial charge in [0.25, 0.3) is 5.69 Å². The highest BCUT2D eigenvalue weighted by Gasteiger charge is 2.49. The van der Waals surface area contributed by atoms with Crippen LogP contribution in [-0.2, 0) is 0 Å². The third kappa shape index (κ3) is 2.41. The molecule has 2 fully saturated rings. The molecule has 0 saturated carbocycles. The second kappa shape index (κ2) is 5.66. The van der Waals surface area contributed by atoms with Crippen LogP contribution >= 0.6 is 0 Å². The maximum Gasteiger partial charge on any atom is 0.319 e.